The number of aromatic amines is 1. The van der Waals surface area contributed by atoms with Gasteiger partial charge < -0.3 is 9.84 Å². The maximum atomic E-state index is 12.5. The predicted octanol–water partition coefficient (Wildman–Crippen LogP) is 2.39. The highest BCUT2D eigenvalue weighted by Gasteiger charge is 2.41. The number of H-pyrrole nitrogens is 1. The van der Waals surface area contributed by atoms with Gasteiger partial charge in [0.25, 0.3) is 5.89 Å². The molecular weight excluding hydrogens is 320 g/mol. The molecule has 25 heavy (non-hydrogen) atoms. The molecule has 1 fully saturated rings. The molecule has 0 aliphatic heterocycles. The van der Waals surface area contributed by atoms with Crippen molar-refractivity contribution in [1.29, 1.82) is 0 Å². The van der Waals surface area contributed by atoms with E-state index in [0.717, 1.165) is 32.1 Å². The van der Waals surface area contributed by atoms with Crippen LogP contribution in [0.25, 0.3) is 0 Å². The van der Waals surface area contributed by atoms with Crippen LogP contribution in [0.15, 0.2) is 10.9 Å². The molecule has 0 saturated heterocycles. The summed E-state index contributed by atoms with van der Waals surface area (Å²) in [5, 5.41) is 13.9. The Balaban J connectivity index is 1.74. The first-order valence-corrected chi connectivity index (χ1v) is 8.89. The smallest absolute Gasteiger partial charge is 0.252 e. The van der Waals surface area contributed by atoms with Crippen LogP contribution in [0.2, 0.25) is 0 Å². The molecule has 2 aromatic heterocycles. The zero-order valence-electron chi connectivity index (χ0n) is 15.1. The van der Waals surface area contributed by atoms with Gasteiger partial charge in [-0.05, 0) is 12.8 Å². The summed E-state index contributed by atoms with van der Waals surface area (Å²) in [6.07, 6.45) is 7.21. The summed E-state index contributed by atoms with van der Waals surface area (Å²) in [6.45, 7) is 6.14. The molecule has 0 aromatic carbocycles. The fourth-order valence-corrected chi connectivity index (χ4v) is 3.18. The van der Waals surface area contributed by atoms with Gasteiger partial charge in [0.15, 0.2) is 5.82 Å². The monoisotopic (exact) mass is 346 g/mol. The number of aromatic nitrogens is 5. The van der Waals surface area contributed by atoms with Crippen molar-refractivity contribution < 1.29 is 9.32 Å². The molecule has 0 atom stereocenters. The molecule has 8 nitrogen and oxygen atoms in total. The molecule has 136 valence electrons. The summed E-state index contributed by atoms with van der Waals surface area (Å²) in [7, 11) is 0. The molecule has 0 radical (unpaired) electrons. The topological polar surface area (TPSA) is 110 Å². The van der Waals surface area contributed by atoms with Crippen LogP contribution in [0.3, 0.4) is 0 Å². The fraction of sp³-hybridized carbons (Fsp3) is 0.706. The van der Waals surface area contributed by atoms with E-state index in [1.807, 2.05) is 20.8 Å². The van der Waals surface area contributed by atoms with Gasteiger partial charge >= 0.3 is 0 Å². The van der Waals surface area contributed by atoms with Gasteiger partial charge in [-0.2, -0.15) is 10.1 Å². The Morgan fingerprint density at radius 3 is 2.68 bits per heavy atom. The minimum atomic E-state index is -0.548. The lowest BCUT2D eigenvalue weighted by atomic mass is 9.81. The lowest BCUT2D eigenvalue weighted by Gasteiger charge is -2.34. The summed E-state index contributed by atoms with van der Waals surface area (Å²) in [4.78, 5) is 21.2. The number of nitrogens with zero attached hydrogens (tertiary/aromatic N) is 4. The molecule has 0 unspecified atom stereocenters. The van der Waals surface area contributed by atoms with Crippen LogP contribution in [-0.2, 0) is 22.2 Å². The van der Waals surface area contributed by atoms with E-state index in [1.54, 1.807) is 0 Å². The van der Waals surface area contributed by atoms with Crippen LogP contribution in [0.5, 0.6) is 0 Å². The predicted molar refractivity (Wildman–Crippen MR) is 90.6 cm³/mol. The number of aryl methyl sites for hydroxylation is 1. The van der Waals surface area contributed by atoms with Crippen LogP contribution in [0.1, 0.15) is 76.8 Å². The molecule has 2 aromatic rings. The number of hydrogen-bond donors (Lipinski definition) is 2. The summed E-state index contributed by atoms with van der Waals surface area (Å²) in [5.74, 6) is 1.88. The zero-order chi connectivity index (χ0) is 17.9. The minimum absolute atomic E-state index is 0.0335. The van der Waals surface area contributed by atoms with Gasteiger partial charge in [-0.3, -0.25) is 9.89 Å². The van der Waals surface area contributed by atoms with Crippen LogP contribution in [0.4, 0.5) is 0 Å². The molecule has 0 bridgehead atoms. The molecule has 1 amide bonds. The van der Waals surface area contributed by atoms with Gasteiger partial charge in [-0.1, -0.05) is 45.2 Å². The van der Waals surface area contributed by atoms with Crippen molar-refractivity contribution in [1.82, 2.24) is 30.6 Å². The van der Waals surface area contributed by atoms with E-state index in [1.165, 1.54) is 6.33 Å². The van der Waals surface area contributed by atoms with Crippen molar-refractivity contribution >= 4 is 5.91 Å². The fourth-order valence-electron chi connectivity index (χ4n) is 3.18. The van der Waals surface area contributed by atoms with Gasteiger partial charge in [0.2, 0.25) is 5.91 Å². The van der Waals surface area contributed by atoms with Crippen LogP contribution in [-0.4, -0.2) is 31.2 Å². The maximum Gasteiger partial charge on any atom is 0.252 e. The van der Waals surface area contributed by atoms with E-state index in [-0.39, 0.29) is 11.3 Å². The highest BCUT2D eigenvalue weighted by atomic mass is 16.5. The Kier molecular flexibility index (Phi) is 4.87. The number of carbonyl (C=O) groups is 1. The van der Waals surface area contributed by atoms with Crippen molar-refractivity contribution in [3.8, 4) is 0 Å². The molecule has 1 aliphatic carbocycles. The van der Waals surface area contributed by atoms with Crippen molar-refractivity contribution in [2.75, 3.05) is 0 Å². The van der Waals surface area contributed by atoms with E-state index >= 15 is 0 Å². The Hall–Kier alpha value is -2.25. The summed E-state index contributed by atoms with van der Waals surface area (Å²) >= 11 is 0. The Morgan fingerprint density at radius 1 is 1.32 bits per heavy atom. The van der Waals surface area contributed by atoms with Gasteiger partial charge in [-0.15, -0.1) is 0 Å². The standard InChI is InChI=1S/C17H26N6O2/c1-16(2,3)14-20-15(25-23-14)17(9-5-4-6-10-17)21-13(24)8-7-12-18-11-19-22-12/h11H,4-10H2,1-3H3,(H,21,24)(H,18,19,22). The highest BCUT2D eigenvalue weighted by Crippen LogP contribution is 2.37. The summed E-state index contributed by atoms with van der Waals surface area (Å²) in [6, 6.07) is 0. The van der Waals surface area contributed by atoms with Crippen LogP contribution >= 0.6 is 0 Å². The molecule has 2 heterocycles. The van der Waals surface area contributed by atoms with E-state index in [4.69, 9.17) is 4.52 Å². The second-order valence-electron chi connectivity index (χ2n) is 7.80. The van der Waals surface area contributed by atoms with Crippen molar-refractivity contribution in [2.24, 2.45) is 0 Å². The normalized spacial score (nSPS) is 17.4. The Bertz CT molecular complexity index is 695. The third kappa shape index (κ3) is 4.05. The lowest BCUT2D eigenvalue weighted by Crippen LogP contribution is -2.47. The Morgan fingerprint density at radius 2 is 2.08 bits per heavy atom. The second kappa shape index (κ2) is 6.93. The van der Waals surface area contributed by atoms with Crippen molar-refractivity contribution in [3.05, 3.63) is 23.9 Å². The SMILES string of the molecule is CC(C)(C)c1noc(C2(NC(=O)CCc3ncn[nH]3)CCCCC2)n1. The number of rotatable bonds is 5. The quantitative estimate of drug-likeness (QED) is 0.860. The van der Waals surface area contributed by atoms with E-state index in [2.05, 4.69) is 30.6 Å². The average molecular weight is 346 g/mol. The molecule has 1 aliphatic rings. The minimum Gasteiger partial charge on any atom is -0.342 e. The van der Waals surface area contributed by atoms with Gasteiger partial charge in [0.1, 0.15) is 17.7 Å². The van der Waals surface area contributed by atoms with Gasteiger partial charge in [-0.25, -0.2) is 4.98 Å². The number of carbonyl (C=O) groups excluding carboxylic acids is 1. The first kappa shape index (κ1) is 17.6. The molecule has 8 heteroatoms. The molecule has 0 spiro atoms. The average Bonchev–Trinajstić information content (AvgIpc) is 3.25. The Labute approximate surface area is 147 Å². The molecule has 1 saturated carbocycles. The molecule has 2 N–H and O–H groups in total. The number of hydrogen-bond acceptors (Lipinski definition) is 6. The summed E-state index contributed by atoms with van der Waals surface area (Å²) in [5.41, 5.74) is -0.735. The molecular formula is C17H26N6O2. The summed E-state index contributed by atoms with van der Waals surface area (Å²) < 4.78 is 5.58. The van der Waals surface area contributed by atoms with Crippen molar-refractivity contribution in [2.45, 2.75) is 76.7 Å². The largest absolute Gasteiger partial charge is 0.342 e. The lowest BCUT2D eigenvalue weighted by molar-refractivity contribution is -0.124. The first-order chi connectivity index (χ1) is 11.9. The number of nitrogens with one attached hydrogen (secondary N) is 2. The number of amides is 1. The van der Waals surface area contributed by atoms with Gasteiger partial charge in [0, 0.05) is 18.3 Å². The zero-order valence-corrected chi connectivity index (χ0v) is 15.1. The first-order valence-electron chi connectivity index (χ1n) is 8.89. The third-order valence-electron chi connectivity index (χ3n) is 4.65. The second-order valence-corrected chi connectivity index (χ2v) is 7.80. The van der Waals surface area contributed by atoms with Crippen molar-refractivity contribution in [3.63, 3.8) is 0 Å². The van der Waals surface area contributed by atoms with Gasteiger partial charge in [0.05, 0.1) is 0 Å². The van der Waals surface area contributed by atoms with E-state index in [9.17, 15) is 4.79 Å². The van der Waals surface area contributed by atoms with E-state index in [0.29, 0.717) is 30.4 Å². The van der Waals surface area contributed by atoms with Crippen LogP contribution < -0.4 is 5.32 Å². The molecule has 3 rings (SSSR count). The third-order valence-corrected chi connectivity index (χ3v) is 4.65. The van der Waals surface area contributed by atoms with Crippen LogP contribution in [0, 0.1) is 0 Å². The maximum absolute atomic E-state index is 12.5. The van der Waals surface area contributed by atoms with E-state index < -0.39 is 5.54 Å². The highest BCUT2D eigenvalue weighted by molar-refractivity contribution is 5.77.